The van der Waals surface area contributed by atoms with Gasteiger partial charge in [-0.2, -0.15) is 0 Å². The van der Waals surface area contributed by atoms with E-state index in [0.717, 1.165) is 11.3 Å². The number of carbonyl (C=O) groups excluding carboxylic acids is 1. The van der Waals surface area contributed by atoms with Crippen molar-refractivity contribution in [3.8, 4) is 0 Å². The van der Waals surface area contributed by atoms with Crippen LogP contribution in [-0.4, -0.2) is 23.5 Å². The van der Waals surface area contributed by atoms with Crippen LogP contribution in [0.3, 0.4) is 0 Å². The fourth-order valence-electron chi connectivity index (χ4n) is 2.24. The van der Waals surface area contributed by atoms with Gasteiger partial charge in [0.25, 0.3) is 5.91 Å². The van der Waals surface area contributed by atoms with Crippen molar-refractivity contribution in [2.75, 3.05) is 6.54 Å². The molecule has 0 spiro atoms. The molecule has 0 bridgehead atoms. The smallest absolute Gasteiger partial charge is 0.335 e. The molecule has 23 heavy (non-hydrogen) atoms. The number of benzene rings is 1. The third-order valence-electron chi connectivity index (χ3n) is 3.65. The van der Waals surface area contributed by atoms with Gasteiger partial charge in [0.2, 0.25) is 0 Å². The van der Waals surface area contributed by atoms with Gasteiger partial charge in [-0.25, -0.2) is 4.79 Å². The highest BCUT2D eigenvalue weighted by Crippen LogP contribution is 2.21. The van der Waals surface area contributed by atoms with Crippen molar-refractivity contribution in [1.29, 1.82) is 0 Å². The van der Waals surface area contributed by atoms with Crippen molar-refractivity contribution >= 4 is 11.9 Å². The minimum atomic E-state index is -0.943. The third-order valence-corrected chi connectivity index (χ3v) is 3.65. The van der Waals surface area contributed by atoms with E-state index in [1.54, 1.807) is 37.3 Å². The summed E-state index contributed by atoms with van der Waals surface area (Å²) in [7, 11) is 0. The lowest BCUT2D eigenvalue weighted by atomic mass is 10.1. The van der Waals surface area contributed by atoms with E-state index in [4.69, 9.17) is 9.52 Å². The van der Waals surface area contributed by atoms with Crippen LogP contribution >= 0.6 is 0 Å². The Morgan fingerprint density at radius 1 is 1.22 bits per heavy atom. The molecule has 0 saturated heterocycles. The minimum Gasteiger partial charge on any atom is -0.478 e. The molecule has 122 valence electrons. The van der Waals surface area contributed by atoms with Crippen molar-refractivity contribution in [3.05, 3.63) is 58.5 Å². The van der Waals surface area contributed by atoms with Crippen LogP contribution in [-0.2, 0) is 6.42 Å². The number of carboxylic acids is 1. The molecule has 5 nitrogen and oxygen atoms in total. The van der Waals surface area contributed by atoms with Gasteiger partial charge in [-0.15, -0.1) is 0 Å². The van der Waals surface area contributed by atoms with Crippen LogP contribution in [0.5, 0.6) is 0 Å². The van der Waals surface area contributed by atoms with Crippen molar-refractivity contribution in [1.82, 2.24) is 5.32 Å². The normalized spacial score (nSPS) is 10.8. The number of aryl methyl sites for hydroxylation is 1. The number of carboxylic acid groups (broad SMARTS) is 1. The Labute approximate surface area is 135 Å². The van der Waals surface area contributed by atoms with Crippen LogP contribution in [0.15, 0.2) is 34.7 Å². The van der Waals surface area contributed by atoms with Crippen molar-refractivity contribution in [3.63, 3.8) is 0 Å². The second kappa shape index (κ2) is 7.13. The van der Waals surface area contributed by atoms with Gasteiger partial charge >= 0.3 is 5.97 Å². The Balaban J connectivity index is 1.90. The van der Waals surface area contributed by atoms with E-state index < -0.39 is 5.97 Å². The summed E-state index contributed by atoms with van der Waals surface area (Å²) in [6, 6.07) is 8.44. The lowest BCUT2D eigenvalue weighted by molar-refractivity contribution is 0.0696. The van der Waals surface area contributed by atoms with E-state index in [2.05, 4.69) is 5.32 Å². The van der Waals surface area contributed by atoms with Crippen LogP contribution in [0.2, 0.25) is 0 Å². The molecule has 0 fully saturated rings. The molecular weight excluding hydrogens is 294 g/mol. The molecule has 0 aliphatic carbocycles. The quantitative estimate of drug-likeness (QED) is 0.856. The Morgan fingerprint density at radius 2 is 1.87 bits per heavy atom. The molecule has 2 N–H and O–H groups in total. The maximum Gasteiger partial charge on any atom is 0.335 e. The summed E-state index contributed by atoms with van der Waals surface area (Å²) in [6.07, 6.45) is 0.638. The SMILES string of the molecule is Cc1oc(C(C)C)cc1C(=O)NCCc1ccc(C(=O)O)cc1. The monoisotopic (exact) mass is 315 g/mol. The Morgan fingerprint density at radius 3 is 2.39 bits per heavy atom. The van der Waals surface area contributed by atoms with Crippen molar-refractivity contribution in [2.45, 2.75) is 33.1 Å². The maximum absolute atomic E-state index is 12.2. The average Bonchev–Trinajstić information content (AvgIpc) is 2.90. The summed E-state index contributed by atoms with van der Waals surface area (Å²) >= 11 is 0. The van der Waals surface area contributed by atoms with Crippen LogP contribution in [0.25, 0.3) is 0 Å². The molecule has 0 aliphatic heterocycles. The first-order valence-corrected chi connectivity index (χ1v) is 7.59. The summed E-state index contributed by atoms with van der Waals surface area (Å²) in [5.74, 6) is 0.568. The first kappa shape index (κ1) is 16.8. The second-order valence-electron chi connectivity index (χ2n) is 5.78. The number of rotatable bonds is 6. The molecule has 5 heteroatoms. The molecular formula is C18H21NO4. The first-order chi connectivity index (χ1) is 10.9. The molecule has 0 aliphatic rings. The molecule has 2 rings (SSSR count). The van der Waals surface area contributed by atoms with Gasteiger partial charge in [0.15, 0.2) is 0 Å². The number of nitrogens with one attached hydrogen (secondary N) is 1. The largest absolute Gasteiger partial charge is 0.478 e. The Bertz CT molecular complexity index is 698. The van der Waals surface area contributed by atoms with Crippen LogP contribution < -0.4 is 5.32 Å². The molecule has 0 unspecified atom stereocenters. The fraction of sp³-hybridized carbons (Fsp3) is 0.333. The molecule has 2 aromatic rings. The summed E-state index contributed by atoms with van der Waals surface area (Å²) in [5.41, 5.74) is 1.80. The lowest BCUT2D eigenvalue weighted by Gasteiger charge is -2.05. The molecule has 0 atom stereocenters. The van der Waals surface area contributed by atoms with Gasteiger partial charge in [-0.3, -0.25) is 4.79 Å². The number of furan rings is 1. The zero-order valence-electron chi connectivity index (χ0n) is 13.6. The zero-order valence-corrected chi connectivity index (χ0v) is 13.6. The third kappa shape index (κ3) is 4.22. The first-order valence-electron chi connectivity index (χ1n) is 7.59. The number of hydrogen-bond acceptors (Lipinski definition) is 3. The fourth-order valence-corrected chi connectivity index (χ4v) is 2.24. The molecule has 1 aromatic heterocycles. The highest BCUT2D eigenvalue weighted by atomic mass is 16.4. The highest BCUT2D eigenvalue weighted by molar-refractivity contribution is 5.95. The van der Waals surface area contributed by atoms with Crippen molar-refractivity contribution < 1.29 is 19.1 Å². The van der Waals surface area contributed by atoms with E-state index in [9.17, 15) is 9.59 Å². The predicted molar refractivity (Wildman–Crippen MR) is 87.0 cm³/mol. The molecule has 1 aromatic carbocycles. The van der Waals surface area contributed by atoms with Gasteiger partial charge < -0.3 is 14.8 Å². The summed E-state index contributed by atoms with van der Waals surface area (Å²) in [4.78, 5) is 23.0. The van der Waals surface area contributed by atoms with Gasteiger partial charge in [0.1, 0.15) is 11.5 Å². The minimum absolute atomic E-state index is 0.152. The van der Waals surface area contributed by atoms with Crippen LogP contribution in [0, 0.1) is 6.92 Å². The highest BCUT2D eigenvalue weighted by Gasteiger charge is 2.16. The Hall–Kier alpha value is -2.56. The number of amides is 1. The van der Waals surface area contributed by atoms with Crippen molar-refractivity contribution in [2.24, 2.45) is 0 Å². The number of carbonyl (C=O) groups is 2. The van der Waals surface area contributed by atoms with Gasteiger partial charge in [0, 0.05) is 12.5 Å². The van der Waals surface area contributed by atoms with Crippen LogP contribution in [0.1, 0.15) is 57.6 Å². The number of aromatic carboxylic acids is 1. The molecule has 1 amide bonds. The van der Waals surface area contributed by atoms with E-state index in [1.807, 2.05) is 13.8 Å². The average molecular weight is 315 g/mol. The molecule has 1 heterocycles. The predicted octanol–water partition coefficient (Wildman–Crippen LogP) is 3.38. The van der Waals surface area contributed by atoms with Gasteiger partial charge in [0.05, 0.1) is 11.1 Å². The van der Waals surface area contributed by atoms with Crippen LogP contribution in [0.4, 0.5) is 0 Å². The lowest BCUT2D eigenvalue weighted by Crippen LogP contribution is -2.25. The standard InChI is InChI=1S/C18H21NO4/c1-11(2)16-10-15(12(3)23-16)17(20)19-9-8-13-4-6-14(7-5-13)18(21)22/h4-7,10-11H,8-9H2,1-3H3,(H,19,20)(H,21,22). The van der Waals surface area contributed by atoms with Gasteiger partial charge in [-0.1, -0.05) is 26.0 Å². The second-order valence-corrected chi connectivity index (χ2v) is 5.78. The van der Waals surface area contributed by atoms with E-state index in [0.29, 0.717) is 24.3 Å². The van der Waals surface area contributed by atoms with Gasteiger partial charge in [-0.05, 0) is 37.1 Å². The molecule has 0 radical (unpaired) electrons. The van der Waals surface area contributed by atoms with E-state index >= 15 is 0 Å². The summed E-state index contributed by atoms with van der Waals surface area (Å²) in [6.45, 7) is 6.29. The maximum atomic E-state index is 12.2. The van der Waals surface area contributed by atoms with E-state index in [-0.39, 0.29) is 17.4 Å². The summed E-state index contributed by atoms with van der Waals surface area (Å²) in [5, 5.41) is 11.7. The number of hydrogen-bond donors (Lipinski definition) is 2. The summed E-state index contributed by atoms with van der Waals surface area (Å²) < 4.78 is 5.58. The van der Waals surface area contributed by atoms with E-state index in [1.165, 1.54) is 0 Å². The topological polar surface area (TPSA) is 79.5 Å². The molecule has 0 saturated carbocycles. The zero-order chi connectivity index (χ0) is 17.0. The Kier molecular flexibility index (Phi) is 5.21.